The van der Waals surface area contributed by atoms with E-state index in [-0.39, 0.29) is 10.5 Å². The second kappa shape index (κ2) is 6.19. The van der Waals surface area contributed by atoms with Crippen LogP contribution in [0.4, 0.5) is 0 Å². The molecule has 6 nitrogen and oxygen atoms in total. The van der Waals surface area contributed by atoms with Crippen LogP contribution in [0.2, 0.25) is 5.02 Å². The molecule has 4 aromatic rings. The van der Waals surface area contributed by atoms with Gasteiger partial charge in [-0.15, -0.1) is 0 Å². The number of fused-ring (bicyclic) bond motifs is 1. The highest BCUT2D eigenvalue weighted by Crippen LogP contribution is 2.33. The molecule has 0 radical (unpaired) electrons. The number of halogens is 1. The predicted molar refractivity (Wildman–Crippen MR) is 99.5 cm³/mol. The third kappa shape index (κ3) is 2.65. The van der Waals surface area contributed by atoms with E-state index in [4.69, 9.17) is 11.6 Å². The van der Waals surface area contributed by atoms with Crippen molar-refractivity contribution in [3.63, 3.8) is 0 Å². The Bertz CT molecular complexity index is 1200. The first-order chi connectivity index (χ1) is 12.5. The molecule has 1 aromatic carbocycles. The number of benzene rings is 1. The molecule has 8 heteroatoms. The highest BCUT2D eigenvalue weighted by molar-refractivity contribution is 7.90. The molecule has 0 fully saturated rings. The lowest BCUT2D eigenvalue weighted by atomic mass is 10.2. The lowest BCUT2D eigenvalue weighted by Gasteiger charge is -2.09. The van der Waals surface area contributed by atoms with Crippen LogP contribution in [-0.2, 0) is 10.0 Å². The number of hydrogen-bond acceptors (Lipinski definition) is 5. The van der Waals surface area contributed by atoms with E-state index >= 15 is 0 Å². The number of nitrogens with zero attached hydrogens (tertiary/aromatic N) is 4. The smallest absolute Gasteiger partial charge is 0.245 e. The van der Waals surface area contributed by atoms with Gasteiger partial charge in [-0.25, -0.2) is 27.3 Å². The zero-order chi connectivity index (χ0) is 18.3. The molecule has 0 N–H and O–H groups in total. The second-order valence-electron chi connectivity index (χ2n) is 5.75. The number of aromatic nitrogens is 4. The molecule has 0 unspecified atom stereocenters. The van der Waals surface area contributed by atoms with Crippen LogP contribution in [0.1, 0.15) is 5.56 Å². The van der Waals surface area contributed by atoms with E-state index in [1.807, 2.05) is 6.92 Å². The summed E-state index contributed by atoms with van der Waals surface area (Å²) in [6, 6.07) is 10.0. The minimum absolute atomic E-state index is 0.193. The highest BCUT2D eigenvalue weighted by Gasteiger charge is 2.21. The van der Waals surface area contributed by atoms with Crippen LogP contribution in [0, 0.1) is 6.92 Å². The highest BCUT2D eigenvalue weighted by atomic mass is 35.5. The van der Waals surface area contributed by atoms with Crippen LogP contribution in [-0.4, -0.2) is 27.3 Å². The largest absolute Gasteiger partial charge is 0.269 e. The van der Waals surface area contributed by atoms with Crippen LogP contribution >= 0.6 is 11.6 Å². The minimum atomic E-state index is -3.76. The minimum Gasteiger partial charge on any atom is -0.245 e. The standard InChI is InChI=1S/C18H13ClN4O2S/c1-12-2-4-13(5-3-12)26(24,25)23-9-7-14-17(19)15(10-21-18(14)23)16-6-8-20-11-22-16/h2-11H,1H3. The first-order valence-electron chi connectivity index (χ1n) is 7.72. The van der Waals surface area contributed by atoms with Gasteiger partial charge < -0.3 is 0 Å². The van der Waals surface area contributed by atoms with Crippen molar-refractivity contribution in [1.82, 2.24) is 18.9 Å². The van der Waals surface area contributed by atoms with Crippen molar-refractivity contribution in [2.24, 2.45) is 0 Å². The maximum absolute atomic E-state index is 12.9. The molecule has 0 saturated heterocycles. The van der Waals surface area contributed by atoms with Crippen LogP contribution in [0.15, 0.2) is 66.2 Å². The van der Waals surface area contributed by atoms with E-state index in [9.17, 15) is 8.42 Å². The van der Waals surface area contributed by atoms with Gasteiger partial charge in [0.05, 0.1) is 15.6 Å². The van der Waals surface area contributed by atoms with Gasteiger partial charge in [0.15, 0.2) is 5.65 Å². The first-order valence-corrected chi connectivity index (χ1v) is 9.54. The van der Waals surface area contributed by atoms with Crippen LogP contribution < -0.4 is 0 Å². The van der Waals surface area contributed by atoms with Crippen molar-refractivity contribution >= 4 is 32.7 Å². The summed E-state index contributed by atoms with van der Waals surface area (Å²) in [6.45, 7) is 1.90. The van der Waals surface area contributed by atoms with Crippen molar-refractivity contribution in [3.05, 3.63) is 71.9 Å². The van der Waals surface area contributed by atoms with Gasteiger partial charge in [0.1, 0.15) is 6.33 Å². The Morgan fingerprint density at radius 3 is 2.50 bits per heavy atom. The Morgan fingerprint density at radius 1 is 1.04 bits per heavy atom. The van der Waals surface area contributed by atoms with Crippen molar-refractivity contribution in [2.75, 3.05) is 0 Å². The second-order valence-corrected chi connectivity index (χ2v) is 7.94. The summed E-state index contributed by atoms with van der Waals surface area (Å²) in [4.78, 5) is 12.6. The van der Waals surface area contributed by atoms with Gasteiger partial charge in [-0.05, 0) is 31.2 Å². The fourth-order valence-corrected chi connectivity index (χ4v) is 4.27. The molecule has 0 aliphatic heterocycles. The maximum Gasteiger partial charge on any atom is 0.269 e. The van der Waals surface area contributed by atoms with E-state index in [1.165, 1.54) is 18.7 Å². The fraction of sp³-hybridized carbons (Fsp3) is 0.0556. The Balaban J connectivity index is 1.89. The Morgan fingerprint density at radius 2 is 1.81 bits per heavy atom. The quantitative estimate of drug-likeness (QED) is 0.538. The summed E-state index contributed by atoms with van der Waals surface area (Å²) >= 11 is 6.50. The lowest BCUT2D eigenvalue weighted by molar-refractivity contribution is 0.588. The topological polar surface area (TPSA) is 77.7 Å². The zero-order valence-electron chi connectivity index (χ0n) is 13.7. The van der Waals surface area contributed by atoms with Crippen molar-refractivity contribution < 1.29 is 8.42 Å². The summed E-state index contributed by atoms with van der Waals surface area (Å²) in [5.74, 6) is 0. The molecule has 0 spiro atoms. The fourth-order valence-electron chi connectivity index (χ4n) is 2.68. The molecule has 3 aromatic heterocycles. The monoisotopic (exact) mass is 384 g/mol. The van der Waals surface area contributed by atoms with Crippen LogP contribution in [0.5, 0.6) is 0 Å². The Labute approximate surface area is 155 Å². The predicted octanol–water partition coefficient (Wildman–Crippen LogP) is 3.69. The first kappa shape index (κ1) is 16.7. The SMILES string of the molecule is Cc1ccc(S(=O)(=O)n2ccc3c(Cl)c(-c4ccncn4)cnc32)cc1. The van der Waals surface area contributed by atoms with E-state index in [0.29, 0.717) is 21.7 Å². The molecule has 0 aliphatic rings. The van der Waals surface area contributed by atoms with Gasteiger partial charge in [-0.1, -0.05) is 29.3 Å². The molecule has 3 heterocycles. The lowest BCUT2D eigenvalue weighted by Crippen LogP contribution is -2.12. The summed E-state index contributed by atoms with van der Waals surface area (Å²) in [5.41, 5.74) is 2.49. The van der Waals surface area contributed by atoms with Crippen LogP contribution in [0.3, 0.4) is 0 Å². The third-order valence-electron chi connectivity index (χ3n) is 4.05. The molecule has 0 bridgehead atoms. The maximum atomic E-state index is 12.9. The van der Waals surface area contributed by atoms with Gasteiger partial charge in [0.2, 0.25) is 0 Å². The molecule has 26 heavy (non-hydrogen) atoms. The molecule has 0 atom stereocenters. The van der Waals surface area contributed by atoms with E-state index in [2.05, 4.69) is 15.0 Å². The van der Waals surface area contributed by atoms with Gasteiger partial charge in [-0.3, -0.25) is 0 Å². The molecule has 0 saturated carbocycles. The van der Waals surface area contributed by atoms with E-state index < -0.39 is 10.0 Å². The number of rotatable bonds is 3. The van der Waals surface area contributed by atoms with Gasteiger partial charge >= 0.3 is 0 Å². The van der Waals surface area contributed by atoms with Crippen LogP contribution in [0.25, 0.3) is 22.3 Å². The summed E-state index contributed by atoms with van der Waals surface area (Å²) in [5, 5.41) is 0.935. The van der Waals surface area contributed by atoms with Crippen molar-refractivity contribution in [3.8, 4) is 11.3 Å². The van der Waals surface area contributed by atoms with Gasteiger partial charge in [-0.2, -0.15) is 0 Å². The summed E-state index contributed by atoms with van der Waals surface area (Å²) in [6.07, 6.45) is 6.01. The van der Waals surface area contributed by atoms with Gasteiger partial charge in [0.25, 0.3) is 10.0 Å². The normalized spacial score (nSPS) is 11.8. The number of hydrogen-bond donors (Lipinski definition) is 0. The Hall–Kier alpha value is -2.77. The molecule has 4 rings (SSSR count). The van der Waals surface area contributed by atoms with E-state index in [0.717, 1.165) is 9.54 Å². The van der Waals surface area contributed by atoms with Crippen molar-refractivity contribution in [2.45, 2.75) is 11.8 Å². The summed E-state index contributed by atoms with van der Waals surface area (Å²) < 4.78 is 27.0. The van der Waals surface area contributed by atoms with E-state index in [1.54, 1.807) is 42.6 Å². The number of aryl methyl sites for hydroxylation is 1. The molecule has 0 amide bonds. The average molecular weight is 385 g/mol. The molecular formula is C18H13ClN4O2S. The zero-order valence-corrected chi connectivity index (χ0v) is 15.2. The molecule has 0 aliphatic carbocycles. The van der Waals surface area contributed by atoms with Gasteiger partial charge in [0, 0.05) is 29.5 Å². The third-order valence-corrected chi connectivity index (χ3v) is 6.14. The average Bonchev–Trinajstić information content (AvgIpc) is 3.09. The number of pyridine rings is 1. The Kier molecular flexibility index (Phi) is 3.97. The van der Waals surface area contributed by atoms with Crippen molar-refractivity contribution in [1.29, 1.82) is 0 Å². The molecule has 130 valence electrons. The molecular weight excluding hydrogens is 372 g/mol. The summed E-state index contributed by atoms with van der Waals surface area (Å²) in [7, 11) is -3.76.